The van der Waals surface area contributed by atoms with Crippen molar-refractivity contribution in [1.29, 1.82) is 0 Å². The van der Waals surface area contributed by atoms with Crippen LogP contribution in [0.1, 0.15) is 5.56 Å². The molecule has 1 aromatic carbocycles. The predicted molar refractivity (Wildman–Crippen MR) is 76.4 cm³/mol. The highest BCUT2D eigenvalue weighted by atomic mass is 79.9. The summed E-state index contributed by atoms with van der Waals surface area (Å²) in [6, 6.07) is 6.97. The molecule has 0 atom stereocenters. The van der Waals surface area contributed by atoms with Gasteiger partial charge in [-0.2, -0.15) is 0 Å². The highest BCUT2D eigenvalue weighted by Crippen LogP contribution is 2.31. The highest BCUT2D eigenvalue weighted by molar-refractivity contribution is 9.10. The van der Waals surface area contributed by atoms with Crippen LogP contribution in [-0.4, -0.2) is 4.98 Å². The molecule has 0 saturated heterocycles. The van der Waals surface area contributed by atoms with Gasteiger partial charge in [0.15, 0.2) is 0 Å². The Balaban J connectivity index is 2.26. The molecule has 1 heterocycles. The SMILES string of the molecule is NCc1ccc(Oc2ncc(Br)cc2Cl)cc1Cl. The average Bonchev–Trinajstić information content (AvgIpc) is 2.33. The molecule has 0 fully saturated rings. The fourth-order valence-corrected chi connectivity index (χ4v) is 2.26. The van der Waals surface area contributed by atoms with Crippen LogP contribution in [0.5, 0.6) is 11.6 Å². The van der Waals surface area contributed by atoms with Gasteiger partial charge in [-0.25, -0.2) is 4.98 Å². The summed E-state index contributed by atoms with van der Waals surface area (Å²) in [7, 11) is 0. The van der Waals surface area contributed by atoms with Gasteiger partial charge < -0.3 is 10.5 Å². The number of aromatic nitrogens is 1. The Kier molecular flexibility index (Phi) is 4.45. The number of hydrogen-bond acceptors (Lipinski definition) is 3. The maximum atomic E-state index is 6.04. The van der Waals surface area contributed by atoms with E-state index in [4.69, 9.17) is 33.7 Å². The second-order valence-corrected chi connectivity index (χ2v) is 5.23. The number of halogens is 3. The molecule has 0 spiro atoms. The minimum Gasteiger partial charge on any atom is -0.437 e. The average molecular weight is 348 g/mol. The summed E-state index contributed by atoms with van der Waals surface area (Å²) in [4.78, 5) is 4.08. The molecule has 0 aliphatic heterocycles. The minimum atomic E-state index is 0.330. The minimum absolute atomic E-state index is 0.330. The molecule has 0 aliphatic rings. The van der Waals surface area contributed by atoms with Gasteiger partial charge in [0.25, 0.3) is 0 Å². The molecule has 0 saturated carbocycles. The van der Waals surface area contributed by atoms with Crippen molar-refractivity contribution in [1.82, 2.24) is 4.98 Å². The zero-order valence-electron chi connectivity index (χ0n) is 9.16. The van der Waals surface area contributed by atoms with E-state index in [1.165, 1.54) is 0 Å². The van der Waals surface area contributed by atoms with Crippen molar-refractivity contribution in [2.75, 3.05) is 0 Å². The molecule has 2 N–H and O–H groups in total. The Labute approximate surface area is 123 Å². The van der Waals surface area contributed by atoms with Gasteiger partial charge >= 0.3 is 0 Å². The van der Waals surface area contributed by atoms with E-state index in [0.29, 0.717) is 28.2 Å². The predicted octanol–water partition coefficient (Wildman–Crippen LogP) is 4.40. The molecule has 18 heavy (non-hydrogen) atoms. The fourth-order valence-electron chi connectivity index (χ4n) is 1.35. The van der Waals surface area contributed by atoms with Crippen LogP contribution in [0.2, 0.25) is 10.0 Å². The second kappa shape index (κ2) is 5.89. The van der Waals surface area contributed by atoms with E-state index < -0.39 is 0 Å². The van der Waals surface area contributed by atoms with Crippen molar-refractivity contribution in [2.24, 2.45) is 5.73 Å². The smallest absolute Gasteiger partial charge is 0.238 e. The third kappa shape index (κ3) is 3.14. The number of hydrogen-bond donors (Lipinski definition) is 1. The van der Waals surface area contributed by atoms with E-state index in [2.05, 4.69) is 20.9 Å². The molecule has 0 unspecified atom stereocenters. The molecule has 94 valence electrons. The summed E-state index contributed by atoms with van der Waals surface area (Å²) >= 11 is 15.3. The van der Waals surface area contributed by atoms with Crippen molar-refractivity contribution in [3.05, 3.63) is 50.5 Å². The van der Waals surface area contributed by atoms with Crippen LogP contribution in [0.15, 0.2) is 34.9 Å². The zero-order chi connectivity index (χ0) is 13.1. The molecular formula is C12H9BrCl2N2O. The largest absolute Gasteiger partial charge is 0.437 e. The molecule has 1 aromatic heterocycles. The van der Waals surface area contributed by atoms with Gasteiger partial charge in [-0.1, -0.05) is 29.3 Å². The Morgan fingerprint density at radius 3 is 2.61 bits per heavy atom. The van der Waals surface area contributed by atoms with Gasteiger partial charge in [0, 0.05) is 22.2 Å². The molecule has 3 nitrogen and oxygen atoms in total. The van der Waals surface area contributed by atoms with E-state index >= 15 is 0 Å². The van der Waals surface area contributed by atoms with Gasteiger partial charge in [-0.05, 0) is 39.7 Å². The lowest BCUT2D eigenvalue weighted by molar-refractivity contribution is 0.463. The topological polar surface area (TPSA) is 48.1 Å². The van der Waals surface area contributed by atoms with Crippen LogP contribution in [-0.2, 0) is 6.54 Å². The Morgan fingerprint density at radius 2 is 2.00 bits per heavy atom. The number of benzene rings is 1. The quantitative estimate of drug-likeness (QED) is 0.894. The number of nitrogens with two attached hydrogens (primary N) is 1. The first kappa shape index (κ1) is 13.6. The van der Waals surface area contributed by atoms with E-state index in [9.17, 15) is 0 Å². The summed E-state index contributed by atoms with van der Waals surface area (Å²) in [5, 5.41) is 0.978. The number of rotatable bonds is 3. The van der Waals surface area contributed by atoms with Gasteiger partial charge in [0.2, 0.25) is 5.88 Å². The third-order valence-corrected chi connectivity index (χ3v) is 3.29. The molecule has 2 rings (SSSR count). The maximum Gasteiger partial charge on any atom is 0.238 e. The van der Waals surface area contributed by atoms with Crippen LogP contribution < -0.4 is 10.5 Å². The molecule has 2 aromatic rings. The van der Waals surface area contributed by atoms with Gasteiger partial charge in [0.1, 0.15) is 10.8 Å². The Bertz CT molecular complexity index is 578. The van der Waals surface area contributed by atoms with E-state index in [0.717, 1.165) is 10.0 Å². The van der Waals surface area contributed by atoms with Crippen molar-refractivity contribution >= 4 is 39.1 Å². The summed E-state index contributed by atoms with van der Waals surface area (Å²) in [5.41, 5.74) is 6.39. The Morgan fingerprint density at radius 1 is 1.22 bits per heavy atom. The van der Waals surface area contributed by atoms with Crippen LogP contribution in [0.25, 0.3) is 0 Å². The van der Waals surface area contributed by atoms with Crippen molar-refractivity contribution in [3.63, 3.8) is 0 Å². The normalized spacial score (nSPS) is 10.4. The molecule has 0 bridgehead atoms. The Hall–Kier alpha value is -0.810. The first-order valence-electron chi connectivity index (χ1n) is 5.07. The third-order valence-electron chi connectivity index (χ3n) is 2.23. The molecule has 0 aliphatic carbocycles. The lowest BCUT2D eigenvalue weighted by atomic mass is 10.2. The number of ether oxygens (including phenoxy) is 1. The summed E-state index contributed by atoms with van der Waals surface area (Å²) in [5.74, 6) is 0.894. The lowest BCUT2D eigenvalue weighted by Crippen LogP contribution is -1.97. The van der Waals surface area contributed by atoms with Gasteiger partial charge in [-0.15, -0.1) is 0 Å². The second-order valence-electron chi connectivity index (χ2n) is 3.50. The maximum absolute atomic E-state index is 6.04. The van der Waals surface area contributed by atoms with Crippen molar-refractivity contribution < 1.29 is 4.74 Å². The lowest BCUT2D eigenvalue weighted by Gasteiger charge is -2.08. The summed E-state index contributed by atoms with van der Waals surface area (Å²) in [6.45, 7) is 0.385. The first-order valence-corrected chi connectivity index (χ1v) is 6.62. The van der Waals surface area contributed by atoms with Crippen molar-refractivity contribution in [2.45, 2.75) is 6.54 Å². The first-order chi connectivity index (χ1) is 8.60. The van der Waals surface area contributed by atoms with Crippen LogP contribution in [0.4, 0.5) is 0 Å². The summed E-state index contributed by atoms with van der Waals surface area (Å²) < 4.78 is 6.34. The van der Waals surface area contributed by atoms with E-state index in [-0.39, 0.29) is 0 Å². The fraction of sp³-hybridized carbons (Fsp3) is 0.0833. The van der Waals surface area contributed by atoms with E-state index in [1.54, 1.807) is 24.4 Å². The van der Waals surface area contributed by atoms with Crippen LogP contribution >= 0.6 is 39.1 Å². The summed E-state index contributed by atoms with van der Waals surface area (Å²) in [6.07, 6.45) is 1.61. The van der Waals surface area contributed by atoms with Crippen LogP contribution in [0, 0.1) is 0 Å². The number of nitrogens with zero attached hydrogens (tertiary/aromatic N) is 1. The van der Waals surface area contributed by atoms with Gasteiger partial charge in [0.05, 0.1) is 0 Å². The molecule has 0 radical (unpaired) electrons. The highest BCUT2D eigenvalue weighted by Gasteiger charge is 2.07. The van der Waals surface area contributed by atoms with E-state index in [1.807, 2.05) is 6.07 Å². The molecular weight excluding hydrogens is 339 g/mol. The molecule has 0 amide bonds. The zero-order valence-corrected chi connectivity index (χ0v) is 12.3. The van der Waals surface area contributed by atoms with Crippen LogP contribution in [0.3, 0.4) is 0 Å². The molecule has 6 heteroatoms. The monoisotopic (exact) mass is 346 g/mol. The standard InChI is InChI=1S/C12H9BrCl2N2O/c13-8-3-11(15)12(17-6-8)18-9-2-1-7(5-16)10(14)4-9/h1-4,6H,5,16H2. The number of pyridine rings is 1. The van der Waals surface area contributed by atoms with Crippen molar-refractivity contribution in [3.8, 4) is 11.6 Å². The van der Waals surface area contributed by atoms with Gasteiger partial charge in [-0.3, -0.25) is 0 Å².